The summed E-state index contributed by atoms with van der Waals surface area (Å²) < 4.78 is 86.2. The fourth-order valence-electron chi connectivity index (χ4n) is 1.26. The summed E-state index contributed by atoms with van der Waals surface area (Å²) in [4.78, 5) is 3.38. The largest absolute Gasteiger partial charge is 0.456 e. The Morgan fingerprint density at radius 1 is 1.05 bits per heavy atom. The molecule has 3 unspecified atom stereocenters. The fourth-order valence-corrected chi connectivity index (χ4v) is 1.26. The van der Waals surface area contributed by atoms with E-state index in [2.05, 4.69) is 4.94 Å². The average Bonchev–Trinajstić information content (AvgIpc) is 2.20. The molecule has 1 N–H and O–H groups in total. The van der Waals surface area contributed by atoms with E-state index in [1.165, 1.54) is 20.8 Å². The highest BCUT2D eigenvalue weighted by Crippen LogP contribution is 2.41. The SMILES string of the molecule is CC(C)(C)C(CC(O)C(F)C(F)(F)C(F)(F)F)OF. The van der Waals surface area contributed by atoms with Crippen molar-refractivity contribution >= 4 is 0 Å². The van der Waals surface area contributed by atoms with Gasteiger partial charge in [-0.05, 0) is 9.94 Å². The van der Waals surface area contributed by atoms with Gasteiger partial charge in [-0.2, -0.15) is 26.9 Å². The van der Waals surface area contributed by atoms with E-state index >= 15 is 0 Å². The fraction of sp³-hybridized carbons (Fsp3) is 1.00. The molecule has 19 heavy (non-hydrogen) atoms. The summed E-state index contributed by atoms with van der Waals surface area (Å²) in [6.45, 7) is 4.16. The summed E-state index contributed by atoms with van der Waals surface area (Å²) in [5.74, 6) is -5.72. The monoisotopic (exact) mass is 300 g/mol. The third-order valence-electron chi connectivity index (χ3n) is 2.59. The highest BCUT2D eigenvalue weighted by atomic mass is 19.4. The van der Waals surface area contributed by atoms with Gasteiger partial charge >= 0.3 is 12.1 Å². The van der Waals surface area contributed by atoms with Crippen molar-refractivity contribution in [2.24, 2.45) is 5.41 Å². The van der Waals surface area contributed by atoms with E-state index in [1.807, 2.05) is 0 Å². The Kier molecular flexibility index (Phi) is 5.65. The topological polar surface area (TPSA) is 29.5 Å². The van der Waals surface area contributed by atoms with Crippen molar-refractivity contribution < 1.29 is 40.9 Å². The lowest BCUT2D eigenvalue weighted by Gasteiger charge is -2.31. The first-order chi connectivity index (χ1) is 8.25. The smallest absolute Gasteiger partial charge is 0.390 e. The van der Waals surface area contributed by atoms with Gasteiger partial charge in [0.1, 0.15) is 6.10 Å². The van der Waals surface area contributed by atoms with Gasteiger partial charge in [-0.3, -0.25) is 0 Å². The van der Waals surface area contributed by atoms with E-state index in [-0.39, 0.29) is 0 Å². The average molecular weight is 300 g/mol. The molecule has 0 aliphatic rings. The van der Waals surface area contributed by atoms with Gasteiger partial charge in [0.2, 0.25) is 0 Å². The molecule has 0 heterocycles. The van der Waals surface area contributed by atoms with Gasteiger partial charge in [-0.1, -0.05) is 20.8 Å². The maximum absolute atomic E-state index is 13.1. The Hall–Kier alpha value is -0.570. The molecule has 0 amide bonds. The molecular weight excluding hydrogens is 285 g/mol. The molecule has 0 rings (SSSR count). The van der Waals surface area contributed by atoms with E-state index in [0.29, 0.717) is 0 Å². The second kappa shape index (κ2) is 5.82. The summed E-state index contributed by atoms with van der Waals surface area (Å²) in [5.41, 5.74) is -1.01. The number of alkyl halides is 6. The minimum absolute atomic E-state index is 1.01. The lowest BCUT2D eigenvalue weighted by molar-refractivity contribution is -0.315. The summed E-state index contributed by atoms with van der Waals surface area (Å²) in [6.07, 6.45) is -15.3. The van der Waals surface area contributed by atoms with Crippen LogP contribution in [0.15, 0.2) is 0 Å². The normalized spacial score (nSPS) is 19.1. The Morgan fingerprint density at radius 2 is 1.47 bits per heavy atom. The van der Waals surface area contributed by atoms with Gasteiger partial charge in [-0.15, -0.1) is 0 Å². The van der Waals surface area contributed by atoms with Crippen LogP contribution in [-0.2, 0) is 4.94 Å². The molecule has 0 saturated carbocycles. The number of halogens is 7. The molecule has 0 aliphatic heterocycles. The Labute approximate surface area is 105 Å². The van der Waals surface area contributed by atoms with Crippen LogP contribution in [0.4, 0.5) is 30.9 Å². The van der Waals surface area contributed by atoms with Crippen molar-refractivity contribution in [3.05, 3.63) is 0 Å². The Balaban J connectivity index is 4.89. The van der Waals surface area contributed by atoms with Gasteiger partial charge in [0.15, 0.2) is 6.17 Å². The molecule has 0 bridgehead atoms. The third-order valence-corrected chi connectivity index (χ3v) is 2.59. The lowest BCUT2D eigenvalue weighted by Crippen LogP contribution is -2.51. The molecule has 0 aromatic rings. The van der Waals surface area contributed by atoms with Crippen molar-refractivity contribution in [1.29, 1.82) is 0 Å². The zero-order valence-corrected chi connectivity index (χ0v) is 10.4. The summed E-state index contributed by atoms with van der Waals surface area (Å²) in [5, 5.41) is 9.08. The van der Waals surface area contributed by atoms with Crippen molar-refractivity contribution in [1.82, 2.24) is 0 Å². The van der Waals surface area contributed by atoms with Crippen molar-refractivity contribution in [2.75, 3.05) is 0 Å². The van der Waals surface area contributed by atoms with Crippen LogP contribution in [-0.4, -0.2) is 35.6 Å². The van der Waals surface area contributed by atoms with E-state index in [1.54, 1.807) is 0 Å². The summed E-state index contributed by atoms with van der Waals surface area (Å²) >= 11 is 0. The zero-order valence-electron chi connectivity index (χ0n) is 10.4. The number of hydrogen-bond donors (Lipinski definition) is 1. The minimum Gasteiger partial charge on any atom is -0.390 e. The number of rotatable bonds is 5. The highest BCUT2D eigenvalue weighted by molar-refractivity contribution is 4.91. The molecule has 3 atom stereocenters. The quantitative estimate of drug-likeness (QED) is 0.786. The Morgan fingerprint density at radius 3 is 1.74 bits per heavy atom. The van der Waals surface area contributed by atoms with Gasteiger partial charge in [0.05, 0.1) is 6.10 Å². The standard InChI is InChI=1S/C10H15F7O2/c1-8(2,3)6(19-17)4-5(18)7(11)9(12,13)10(14,15)16/h5-7,18H,4H2,1-3H3. The first-order valence-corrected chi connectivity index (χ1v) is 5.29. The second-order valence-electron chi connectivity index (χ2n) is 5.27. The molecule has 0 aromatic heterocycles. The molecule has 2 nitrogen and oxygen atoms in total. The van der Waals surface area contributed by atoms with Crippen LogP contribution in [0.1, 0.15) is 27.2 Å². The van der Waals surface area contributed by atoms with Crippen LogP contribution >= 0.6 is 0 Å². The molecule has 0 radical (unpaired) electrons. The molecule has 0 saturated heterocycles. The van der Waals surface area contributed by atoms with Crippen LogP contribution in [0.5, 0.6) is 0 Å². The predicted molar refractivity (Wildman–Crippen MR) is 52.0 cm³/mol. The first-order valence-electron chi connectivity index (χ1n) is 5.29. The molecule has 0 fully saturated rings. The minimum atomic E-state index is -6.14. The lowest BCUT2D eigenvalue weighted by atomic mass is 9.84. The van der Waals surface area contributed by atoms with Crippen molar-refractivity contribution in [3.63, 3.8) is 0 Å². The molecule has 9 heteroatoms. The number of hydrogen-bond acceptors (Lipinski definition) is 2. The van der Waals surface area contributed by atoms with Gasteiger partial charge in [-0.25, -0.2) is 4.39 Å². The summed E-state index contributed by atoms with van der Waals surface area (Å²) in [7, 11) is 0. The summed E-state index contributed by atoms with van der Waals surface area (Å²) in [6, 6.07) is 0. The molecular formula is C10H15F7O2. The van der Waals surface area contributed by atoms with Gasteiger partial charge in [0.25, 0.3) is 0 Å². The van der Waals surface area contributed by atoms with Crippen LogP contribution in [0.25, 0.3) is 0 Å². The van der Waals surface area contributed by atoms with Crippen LogP contribution in [0.2, 0.25) is 0 Å². The van der Waals surface area contributed by atoms with Gasteiger partial charge < -0.3 is 5.11 Å². The molecule has 0 aliphatic carbocycles. The van der Waals surface area contributed by atoms with Crippen LogP contribution in [0.3, 0.4) is 0 Å². The number of aliphatic hydroxyl groups excluding tert-OH is 1. The van der Waals surface area contributed by atoms with E-state index in [4.69, 9.17) is 5.11 Å². The van der Waals surface area contributed by atoms with E-state index in [9.17, 15) is 30.9 Å². The maximum Gasteiger partial charge on any atom is 0.456 e. The van der Waals surface area contributed by atoms with Crippen LogP contribution < -0.4 is 0 Å². The highest BCUT2D eigenvalue weighted by Gasteiger charge is 2.65. The second-order valence-corrected chi connectivity index (χ2v) is 5.27. The predicted octanol–water partition coefficient (Wildman–Crippen LogP) is 3.59. The molecule has 0 aromatic carbocycles. The van der Waals surface area contributed by atoms with Crippen molar-refractivity contribution in [3.8, 4) is 0 Å². The molecule has 116 valence electrons. The Bertz CT molecular complexity index is 285. The molecule has 0 spiro atoms. The van der Waals surface area contributed by atoms with E-state index < -0.39 is 42.3 Å². The number of aliphatic hydroxyl groups is 1. The van der Waals surface area contributed by atoms with Crippen molar-refractivity contribution in [2.45, 2.75) is 57.7 Å². The van der Waals surface area contributed by atoms with Crippen LogP contribution in [0, 0.1) is 5.41 Å². The zero-order chi connectivity index (χ0) is 15.6. The van der Waals surface area contributed by atoms with E-state index in [0.717, 1.165) is 0 Å². The van der Waals surface area contributed by atoms with Gasteiger partial charge in [0, 0.05) is 6.42 Å². The third kappa shape index (κ3) is 4.48. The first kappa shape index (κ1) is 18.4. The maximum atomic E-state index is 13.1.